The first kappa shape index (κ1) is 17.8. The molecule has 1 aromatic carbocycles. The topological polar surface area (TPSA) is 81.9 Å². The first-order chi connectivity index (χ1) is 13.4. The molecule has 0 fully saturated rings. The van der Waals surface area contributed by atoms with Gasteiger partial charge in [-0.25, -0.2) is 9.78 Å². The highest BCUT2D eigenvalue weighted by Gasteiger charge is 2.14. The zero-order valence-corrected chi connectivity index (χ0v) is 16.1. The third kappa shape index (κ3) is 2.81. The zero-order chi connectivity index (χ0) is 20.0. The summed E-state index contributed by atoms with van der Waals surface area (Å²) in [5.41, 5.74) is 3.01. The summed E-state index contributed by atoms with van der Waals surface area (Å²) >= 11 is 0. The van der Waals surface area contributed by atoms with E-state index < -0.39 is 5.69 Å². The summed E-state index contributed by atoms with van der Waals surface area (Å²) in [6, 6.07) is 9.46. The molecule has 0 saturated heterocycles. The van der Waals surface area contributed by atoms with Crippen molar-refractivity contribution in [2.24, 2.45) is 14.1 Å². The Morgan fingerprint density at radius 1 is 1.07 bits per heavy atom. The summed E-state index contributed by atoms with van der Waals surface area (Å²) < 4.78 is 9.48. The molecule has 28 heavy (non-hydrogen) atoms. The Labute approximate surface area is 160 Å². The van der Waals surface area contributed by atoms with Crippen molar-refractivity contribution < 1.29 is 4.74 Å². The molecule has 7 nitrogen and oxygen atoms in total. The monoisotopic (exact) mass is 376 g/mol. The van der Waals surface area contributed by atoms with E-state index in [1.54, 1.807) is 20.2 Å². The van der Waals surface area contributed by atoms with E-state index in [1.165, 1.54) is 4.57 Å². The molecular weight excluding hydrogens is 356 g/mol. The maximum Gasteiger partial charge on any atom is 0.328 e. The summed E-state index contributed by atoms with van der Waals surface area (Å²) in [5, 5.41) is 0.930. The molecule has 4 rings (SSSR count). The molecule has 142 valence electrons. The lowest BCUT2D eigenvalue weighted by Crippen LogP contribution is -2.31. The fourth-order valence-corrected chi connectivity index (χ4v) is 3.45. The van der Waals surface area contributed by atoms with Crippen LogP contribution in [0.5, 0.6) is 11.6 Å². The predicted octanol–water partition coefficient (Wildman–Crippen LogP) is 3.04. The number of aryl methyl sites for hydroxylation is 2. The SMILES string of the molecule is Cc1cc(Oc2nccc3c2ccn3C)ccc1-c1c(C)c(=O)[nH]c(=O)n1C. The maximum absolute atomic E-state index is 12.0. The number of rotatable bonds is 3. The van der Waals surface area contributed by atoms with Crippen LogP contribution < -0.4 is 16.0 Å². The Balaban J connectivity index is 1.77. The average Bonchev–Trinajstić information content (AvgIpc) is 3.04. The number of aromatic nitrogens is 4. The van der Waals surface area contributed by atoms with E-state index in [0.29, 0.717) is 22.9 Å². The molecule has 0 unspecified atom stereocenters. The minimum Gasteiger partial charge on any atom is -0.438 e. The van der Waals surface area contributed by atoms with Crippen LogP contribution in [0.3, 0.4) is 0 Å². The quantitative estimate of drug-likeness (QED) is 0.596. The number of aromatic amines is 1. The van der Waals surface area contributed by atoms with Crippen molar-refractivity contribution in [3.63, 3.8) is 0 Å². The van der Waals surface area contributed by atoms with Gasteiger partial charge in [0.15, 0.2) is 0 Å². The van der Waals surface area contributed by atoms with Gasteiger partial charge in [-0.1, -0.05) is 0 Å². The van der Waals surface area contributed by atoms with Crippen LogP contribution in [-0.4, -0.2) is 19.1 Å². The number of hydrogen-bond donors (Lipinski definition) is 1. The number of pyridine rings is 1. The third-order valence-corrected chi connectivity index (χ3v) is 5.00. The molecule has 0 aliphatic carbocycles. The number of benzene rings is 1. The van der Waals surface area contributed by atoms with Crippen LogP contribution >= 0.6 is 0 Å². The first-order valence-electron chi connectivity index (χ1n) is 8.85. The van der Waals surface area contributed by atoms with Crippen molar-refractivity contribution in [2.45, 2.75) is 13.8 Å². The second-order valence-corrected chi connectivity index (χ2v) is 6.85. The van der Waals surface area contributed by atoms with Gasteiger partial charge < -0.3 is 9.30 Å². The average molecular weight is 376 g/mol. The number of H-pyrrole nitrogens is 1. The maximum atomic E-state index is 12.0. The van der Waals surface area contributed by atoms with Gasteiger partial charge in [-0.3, -0.25) is 14.3 Å². The second-order valence-electron chi connectivity index (χ2n) is 6.85. The number of ether oxygens (including phenoxy) is 1. The fourth-order valence-electron chi connectivity index (χ4n) is 3.45. The van der Waals surface area contributed by atoms with E-state index in [-0.39, 0.29) is 5.56 Å². The molecule has 0 atom stereocenters. The normalized spacial score (nSPS) is 11.1. The van der Waals surface area contributed by atoms with Gasteiger partial charge in [0.1, 0.15) is 5.75 Å². The van der Waals surface area contributed by atoms with Crippen molar-refractivity contribution >= 4 is 10.9 Å². The van der Waals surface area contributed by atoms with Crippen molar-refractivity contribution in [3.8, 4) is 22.9 Å². The lowest BCUT2D eigenvalue weighted by atomic mass is 10.0. The molecule has 0 radical (unpaired) electrons. The second kappa shape index (κ2) is 6.53. The molecule has 3 aromatic heterocycles. The van der Waals surface area contributed by atoms with E-state index in [4.69, 9.17) is 4.74 Å². The summed E-state index contributed by atoms with van der Waals surface area (Å²) in [4.78, 5) is 30.7. The molecule has 1 N–H and O–H groups in total. The van der Waals surface area contributed by atoms with Crippen LogP contribution in [0.1, 0.15) is 11.1 Å². The van der Waals surface area contributed by atoms with Gasteiger partial charge in [-0.15, -0.1) is 0 Å². The summed E-state index contributed by atoms with van der Waals surface area (Å²) in [6.07, 6.45) is 3.68. The standard InChI is InChI=1S/C21H20N4O3/c1-12-11-14(28-20-16-8-10-24(3)17(16)7-9-22-20)5-6-15(12)18-13(2)19(26)23-21(27)25(18)4/h5-11H,1-4H3,(H,23,26,27). The van der Waals surface area contributed by atoms with Gasteiger partial charge in [0.05, 0.1) is 16.6 Å². The summed E-state index contributed by atoms with van der Waals surface area (Å²) in [6.45, 7) is 3.63. The van der Waals surface area contributed by atoms with Crippen LogP contribution in [0.4, 0.5) is 0 Å². The molecule has 4 aromatic rings. The molecule has 0 amide bonds. The van der Waals surface area contributed by atoms with Crippen LogP contribution in [0, 0.1) is 13.8 Å². The number of nitrogens with zero attached hydrogens (tertiary/aromatic N) is 3. The lowest BCUT2D eigenvalue weighted by Gasteiger charge is -2.14. The minimum absolute atomic E-state index is 0.377. The van der Waals surface area contributed by atoms with Gasteiger partial charge >= 0.3 is 5.69 Å². The number of hydrogen-bond acceptors (Lipinski definition) is 4. The fraction of sp³-hybridized carbons (Fsp3) is 0.190. The highest BCUT2D eigenvalue weighted by molar-refractivity contribution is 5.85. The smallest absolute Gasteiger partial charge is 0.328 e. The predicted molar refractivity (Wildman–Crippen MR) is 108 cm³/mol. The minimum atomic E-state index is -0.440. The highest BCUT2D eigenvalue weighted by Crippen LogP contribution is 2.31. The van der Waals surface area contributed by atoms with Crippen molar-refractivity contribution in [1.29, 1.82) is 0 Å². The lowest BCUT2D eigenvalue weighted by molar-refractivity contribution is 0.469. The van der Waals surface area contributed by atoms with Crippen LogP contribution in [0.15, 0.2) is 52.3 Å². The van der Waals surface area contributed by atoms with Gasteiger partial charge in [0.2, 0.25) is 5.88 Å². The van der Waals surface area contributed by atoms with E-state index in [2.05, 4.69) is 9.97 Å². The molecule has 0 bridgehead atoms. The highest BCUT2D eigenvalue weighted by atomic mass is 16.5. The molecular formula is C21H20N4O3. The van der Waals surface area contributed by atoms with Crippen molar-refractivity contribution in [3.05, 3.63) is 74.7 Å². The molecule has 0 spiro atoms. The van der Waals surface area contributed by atoms with Gasteiger partial charge in [-0.05, 0) is 49.7 Å². The van der Waals surface area contributed by atoms with Gasteiger partial charge in [0.25, 0.3) is 5.56 Å². The largest absolute Gasteiger partial charge is 0.438 e. The first-order valence-corrected chi connectivity index (χ1v) is 8.85. The van der Waals surface area contributed by atoms with Crippen molar-refractivity contribution in [2.75, 3.05) is 0 Å². The van der Waals surface area contributed by atoms with E-state index in [9.17, 15) is 9.59 Å². The Kier molecular flexibility index (Phi) is 4.15. The van der Waals surface area contributed by atoms with Crippen molar-refractivity contribution in [1.82, 2.24) is 19.1 Å². The van der Waals surface area contributed by atoms with Gasteiger partial charge in [0, 0.05) is 37.6 Å². The summed E-state index contributed by atoms with van der Waals surface area (Å²) in [7, 11) is 3.61. The Morgan fingerprint density at radius 3 is 2.61 bits per heavy atom. The molecule has 0 saturated carbocycles. The van der Waals surface area contributed by atoms with E-state index in [1.807, 2.05) is 55.1 Å². The third-order valence-electron chi connectivity index (χ3n) is 5.00. The van der Waals surface area contributed by atoms with Crippen LogP contribution in [0.25, 0.3) is 22.2 Å². The number of nitrogens with one attached hydrogen (secondary N) is 1. The Bertz CT molecular complexity index is 1290. The van der Waals surface area contributed by atoms with Crippen LogP contribution in [-0.2, 0) is 14.1 Å². The molecule has 0 aliphatic rings. The Hall–Kier alpha value is -3.61. The summed E-state index contributed by atoms with van der Waals surface area (Å²) in [5.74, 6) is 1.17. The Morgan fingerprint density at radius 2 is 1.86 bits per heavy atom. The zero-order valence-electron chi connectivity index (χ0n) is 16.1. The van der Waals surface area contributed by atoms with E-state index >= 15 is 0 Å². The van der Waals surface area contributed by atoms with Gasteiger partial charge in [-0.2, -0.15) is 0 Å². The molecule has 3 heterocycles. The van der Waals surface area contributed by atoms with E-state index in [0.717, 1.165) is 22.0 Å². The van der Waals surface area contributed by atoms with Crippen LogP contribution in [0.2, 0.25) is 0 Å². The molecule has 7 heteroatoms. The molecule has 0 aliphatic heterocycles. The number of fused-ring (bicyclic) bond motifs is 1.